The molecule has 0 aromatic carbocycles. The summed E-state index contributed by atoms with van der Waals surface area (Å²) >= 11 is 0. The molecule has 1 fully saturated rings. The Morgan fingerprint density at radius 3 is 2.84 bits per heavy atom. The molecule has 6 heteroatoms. The van der Waals surface area contributed by atoms with E-state index < -0.39 is 5.97 Å². The summed E-state index contributed by atoms with van der Waals surface area (Å²) in [7, 11) is 1.86. The first-order chi connectivity index (χ1) is 9.08. The van der Waals surface area contributed by atoms with Gasteiger partial charge in [0.05, 0.1) is 11.9 Å². The van der Waals surface area contributed by atoms with Gasteiger partial charge in [0.2, 0.25) is 0 Å². The molecule has 0 spiro atoms. The maximum Gasteiger partial charge on any atom is 0.339 e. The van der Waals surface area contributed by atoms with Gasteiger partial charge in [0, 0.05) is 20.1 Å². The van der Waals surface area contributed by atoms with Crippen molar-refractivity contribution in [2.75, 3.05) is 43.9 Å². The number of likely N-dealkylation sites (N-methyl/N-ethyl adjacent to an activating group) is 1. The molecule has 1 aromatic rings. The highest BCUT2D eigenvalue weighted by Crippen LogP contribution is 2.19. The highest BCUT2D eigenvalue weighted by Gasteiger charge is 2.17. The summed E-state index contributed by atoms with van der Waals surface area (Å²) in [5.41, 5.74) is 6.11. The number of hydrogen-bond acceptors (Lipinski definition) is 5. The van der Waals surface area contributed by atoms with Crippen LogP contribution in [-0.2, 0) is 0 Å². The summed E-state index contributed by atoms with van der Waals surface area (Å²) in [5, 5.41) is 9.19. The van der Waals surface area contributed by atoms with Gasteiger partial charge in [-0.05, 0) is 32.0 Å². The predicted octanol–water partition coefficient (Wildman–Crippen LogP) is 0.894. The summed E-state index contributed by atoms with van der Waals surface area (Å²) in [4.78, 5) is 19.6. The molecule has 0 atom stereocenters. The predicted molar refractivity (Wildman–Crippen MR) is 74.6 cm³/mol. The van der Waals surface area contributed by atoms with E-state index in [0.29, 0.717) is 11.5 Å². The standard InChI is InChI=1S/C13H20N4O2/c1-16(6-7-17-4-2-3-5-17)12-11(13(18)19)8-10(14)9-15-12/h8-9H,2-7,14H2,1H3,(H,18,19). The van der Waals surface area contributed by atoms with E-state index in [2.05, 4.69) is 9.88 Å². The van der Waals surface area contributed by atoms with Crippen molar-refractivity contribution in [1.82, 2.24) is 9.88 Å². The molecular weight excluding hydrogens is 244 g/mol. The quantitative estimate of drug-likeness (QED) is 0.822. The molecule has 1 aliphatic heterocycles. The highest BCUT2D eigenvalue weighted by atomic mass is 16.4. The number of likely N-dealkylation sites (tertiary alicyclic amines) is 1. The Morgan fingerprint density at radius 1 is 1.53 bits per heavy atom. The normalized spacial score (nSPS) is 15.6. The van der Waals surface area contributed by atoms with Crippen LogP contribution in [0, 0.1) is 0 Å². The average Bonchev–Trinajstić information content (AvgIpc) is 2.88. The zero-order valence-electron chi connectivity index (χ0n) is 11.2. The van der Waals surface area contributed by atoms with Crippen molar-refractivity contribution in [2.45, 2.75) is 12.8 Å². The van der Waals surface area contributed by atoms with Gasteiger partial charge in [0.1, 0.15) is 11.4 Å². The van der Waals surface area contributed by atoms with Crippen molar-refractivity contribution in [3.05, 3.63) is 17.8 Å². The van der Waals surface area contributed by atoms with Crippen molar-refractivity contribution in [3.8, 4) is 0 Å². The lowest BCUT2D eigenvalue weighted by Crippen LogP contribution is -2.32. The van der Waals surface area contributed by atoms with Crippen LogP contribution in [0.25, 0.3) is 0 Å². The van der Waals surface area contributed by atoms with Gasteiger partial charge in [-0.25, -0.2) is 9.78 Å². The summed E-state index contributed by atoms with van der Waals surface area (Å²) in [6.07, 6.45) is 4.00. The molecule has 6 nitrogen and oxygen atoms in total. The molecule has 0 aliphatic carbocycles. The van der Waals surface area contributed by atoms with Crippen LogP contribution in [0.3, 0.4) is 0 Å². The summed E-state index contributed by atoms with van der Waals surface area (Å²) < 4.78 is 0. The molecule has 104 valence electrons. The van der Waals surface area contributed by atoms with Crippen LogP contribution in [0.1, 0.15) is 23.2 Å². The van der Waals surface area contributed by atoms with Crippen molar-refractivity contribution in [2.24, 2.45) is 0 Å². The fourth-order valence-corrected chi connectivity index (χ4v) is 2.34. The number of nitrogens with zero attached hydrogens (tertiary/aromatic N) is 3. The van der Waals surface area contributed by atoms with E-state index in [1.165, 1.54) is 25.1 Å². The third-order valence-electron chi connectivity index (χ3n) is 3.43. The molecular formula is C13H20N4O2. The van der Waals surface area contributed by atoms with E-state index in [-0.39, 0.29) is 5.56 Å². The summed E-state index contributed by atoms with van der Waals surface area (Å²) in [6.45, 7) is 3.96. The number of aromatic carboxylic acids is 1. The summed E-state index contributed by atoms with van der Waals surface area (Å²) in [5.74, 6) is -0.524. The lowest BCUT2D eigenvalue weighted by molar-refractivity contribution is 0.0697. The Balaban J connectivity index is 2.05. The number of carbonyl (C=O) groups is 1. The highest BCUT2D eigenvalue weighted by molar-refractivity contribution is 5.94. The van der Waals surface area contributed by atoms with Gasteiger partial charge in [-0.15, -0.1) is 0 Å². The number of carboxylic acid groups (broad SMARTS) is 1. The topological polar surface area (TPSA) is 82.7 Å². The number of nitrogens with two attached hydrogens (primary N) is 1. The van der Waals surface area contributed by atoms with Gasteiger partial charge in [-0.1, -0.05) is 0 Å². The fraction of sp³-hybridized carbons (Fsp3) is 0.538. The zero-order valence-corrected chi connectivity index (χ0v) is 11.2. The fourth-order valence-electron chi connectivity index (χ4n) is 2.34. The molecule has 1 aromatic heterocycles. The third-order valence-corrected chi connectivity index (χ3v) is 3.43. The number of carboxylic acids is 1. The smallest absolute Gasteiger partial charge is 0.339 e. The molecule has 1 aliphatic rings. The van der Waals surface area contributed by atoms with E-state index in [1.54, 1.807) is 0 Å². The van der Waals surface area contributed by atoms with Crippen LogP contribution in [0.15, 0.2) is 12.3 Å². The van der Waals surface area contributed by atoms with E-state index in [1.807, 2.05) is 11.9 Å². The van der Waals surface area contributed by atoms with E-state index in [0.717, 1.165) is 26.2 Å². The van der Waals surface area contributed by atoms with Crippen LogP contribution in [0.5, 0.6) is 0 Å². The first-order valence-electron chi connectivity index (χ1n) is 6.50. The molecule has 2 heterocycles. The Morgan fingerprint density at radius 2 is 2.21 bits per heavy atom. The van der Waals surface area contributed by atoms with Crippen LogP contribution in [-0.4, -0.2) is 54.2 Å². The minimum absolute atomic E-state index is 0.156. The SMILES string of the molecule is CN(CCN1CCCC1)c1ncc(N)cc1C(=O)O. The molecule has 0 radical (unpaired) electrons. The Kier molecular flexibility index (Phi) is 4.21. The largest absolute Gasteiger partial charge is 0.478 e. The van der Waals surface area contributed by atoms with E-state index in [4.69, 9.17) is 5.73 Å². The van der Waals surface area contributed by atoms with Crippen LogP contribution < -0.4 is 10.6 Å². The second-order valence-electron chi connectivity index (χ2n) is 4.92. The lowest BCUT2D eigenvalue weighted by atomic mass is 10.2. The maximum atomic E-state index is 11.2. The number of nitrogen functional groups attached to an aromatic ring is 1. The van der Waals surface area contributed by atoms with E-state index >= 15 is 0 Å². The number of hydrogen-bond donors (Lipinski definition) is 2. The van der Waals surface area contributed by atoms with Crippen LogP contribution in [0.2, 0.25) is 0 Å². The van der Waals surface area contributed by atoms with Crippen molar-refractivity contribution >= 4 is 17.5 Å². The Labute approximate surface area is 112 Å². The number of anilines is 2. The molecule has 3 N–H and O–H groups in total. The zero-order chi connectivity index (χ0) is 13.8. The third kappa shape index (κ3) is 3.35. The molecule has 0 unspecified atom stereocenters. The van der Waals surface area contributed by atoms with Crippen molar-refractivity contribution in [1.29, 1.82) is 0 Å². The molecule has 0 saturated carbocycles. The Bertz CT molecular complexity index is 458. The maximum absolute atomic E-state index is 11.2. The monoisotopic (exact) mass is 264 g/mol. The van der Waals surface area contributed by atoms with Gasteiger partial charge < -0.3 is 20.6 Å². The van der Waals surface area contributed by atoms with Gasteiger partial charge in [-0.2, -0.15) is 0 Å². The van der Waals surface area contributed by atoms with Crippen LogP contribution in [0.4, 0.5) is 11.5 Å². The molecule has 2 rings (SSSR count). The number of rotatable bonds is 5. The minimum atomic E-state index is -0.997. The number of aromatic nitrogens is 1. The molecule has 19 heavy (non-hydrogen) atoms. The number of pyridine rings is 1. The van der Waals surface area contributed by atoms with E-state index in [9.17, 15) is 9.90 Å². The molecule has 0 amide bonds. The Hall–Kier alpha value is -1.82. The molecule has 1 saturated heterocycles. The average molecular weight is 264 g/mol. The second-order valence-corrected chi connectivity index (χ2v) is 4.92. The lowest BCUT2D eigenvalue weighted by Gasteiger charge is -2.23. The minimum Gasteiger partial charge on any atom is -0.478 e. The summed E-state index contributed by atoms with van der Waals surface area (Å²) in [6, 6.07) is 1.46. The first kappa shape index (κ1) is 13.6. The molecule has 0 bridgehead atoms. The first-order valence-corrected chi connectivity index (χ1v) is 6.50. The van der Waals surface area contributed by atoms with Gasteiger partial charge in [0.25, 0.3) is 0 Å². The van der Waals surface area contributed by atoms with Gasteiger partial charge in [0.15, 0.2) is 0 Å². The van der Waals surface area contributed by atoms with Crippen LogP contribution >= 0.6 is 0 Å². The van der Waals surface area contributed by atoms with Gasteiger partial charge >= 0.3 is 5.97 Å². The second kappa shape index (κ2) is 5.88. The van der Waals surface area contributed by atoms with Crippen molar-refractivity contribution in [3.63, 3.8) is 0 Å². The van der Waals surface area contributed by atoms with Crippen molar-refractivity contribution < 1.29 is 9.90 Å². The van der Waals surface area contributed by atoms with Gasteiger partial charge in [-0.3, -0.25) is 0 Å².